The Labute approximate surface area is 76.4 Å². The average Bonchev–Trinajstić information content (AvgIpc) is 2.08. The lowest BCUT2D eigenvalue weighted by atomic mass is 10.0. The molecule has 0 fully saturated rings. The fraction of sp³-hybridized carbons (Fsp3) is 0.200. The molecule has 0 radical (unpaired) electrons. The van der Waals surface area contributed by atoms with Gasteiger partial charge in [0.2, 0.25) is 0 Å². The monoisotopic (exact) mass is 182 g/mol. The quantitative estimate of drug-likeness (QED) is 0.585. The minimum atomic E-state index is -0.412. The first-order valence-electron chi connectivity index (χ1n) is 3.57. The van der Waals surface area contributed by atoms with Crippen molar-refractivity contribution in [3.05, 3.63) is 34.6 Å². The van der Waals surface area contributed by atoms with Crippen molar-refractivity contribution in [1.29, 1.82) is 0 Å². The predicted octanol–water partition coefficient (Wildman–Crippen LogP) is 3.22. The Kier molecular flexibility index (Phi) is 2.73. The van der Waals surface area contributed by atoms with Gasteiger partial charge in [-0.15, -0.1) is 6.42 Å². The molecule has 12 heavy (non-hydrogen) atoms. The Morgan fingerprint density at radius 1 is 1.58 bits per heavy atom. The molecule has 0 heterocycles. The van der Waals surface area contributed by atoms with Gasteiger partial charge in [-0.1, -0.05) is 29.7 Å². The number of rotatable bonds is 1. The van der Waals surface area contributed by atoms with Gasteiger partial charge in [-0.25, -0.2) is 4.39 Å². The highest BCUT2D eigenvalue weighted by molar-refractivity contribution is 6.30. The molecule has 0 amide bonds. The third-order valence-corrected chi connectivity index (χ3v) is 1.99. The number of benzene rings is 1. The molecule has 0 aromatic heterocycles. The highest BCUT2D eigenvalue weighted by Crippen LogP contribution is 2.23. The summed E-state index contributed by atoms with van der Waals surface area (Å²) in [5.74, 6) is 1.81. The SMILES string of the molecule is C#CC(C)c1cccc(Cl)c1F. The molecule has 1 aromatic carbocycles. The van der Waals surface area contributed by atoms with Gasteiger partial charge in [0, 0.05) is 11.5 Å². The van der Waals surface area contributed by atoms with Crippen LogP contribution in [0.3, 0.4) is 0 Å². The zero-order valence-corrected chi connectivity index (χ0v) is 7.40. The molecule has 1 rings (SSSR count). The molecule has 0 saturated carbocycles. The van der Waals surface area contributed by atoms with Crippen molar-refractivity contribution in [1.82, 2.24) is 0 Å². The van der Waals surface area contributed by atoms with Crippen LogP contribution in [0.1, 0.15) is 18.4 Å². The fourth-order valence-electron chi connectivity index (χ4n) is 0.945. The molecule has 0 aliphatic rings. The Morgan fingerprint density at radius 2 is 2.25 bits per heavy atom. The lowest BCUT2D eigenvalue weighted by Crippen LogP contribution is -1.94. The Balaban J connectivity index is 3.18. The molecule has 0 aliphatic carbocycles. The molecule has 0 N–H and O–H groups in total. The molecule has 1 aromatic rings. The van der Waals surface area contributed by atoms with Crippen LogP contribution in [0, 0.1) is 18.2 Å². The van der Waals surface area contributed by atoms with Crippen LogP contribution in [0.2, 0.25) is 5.02 Å². The van der Waals surface area contributed by atoms with Crippen molar-refractivity contribution in [3.63, 3.8) is 0 Å². The smallest absolute Gasteiger partial charge is 0.146 e. The largest absolute Gasteiger partial charge is 0.205 e. The van der Waals surface area contributed by atoms with Crippen molar-refractivity contribution in [3.8, 4) is 12.3 Å². The van der Waals surface area contributed by atoms with Gasteiger partial charge in [0.05, 0.1) is 5.02 Å². The van der Waals surface area contributed by atoms with Gasteiger partial charge < -0.3 is 0 Å². The van der Waals surface area contributed by atoms with Crippen LogP contribution in [0.25, 0.3) is 0 Å². The highest BCUT2D eigenvalue weighted by Gasteiger charge is 2.10. The summed E-state index contributed by atoms with van der Waals surface area (Å²) in [5, 5.41) is 0.120. The van der Waals surface area contributed by atoms with Crippen LogP contribution in [-0.2, 0) is 0 Å². The summed E-state index contributed by atoms with van der Waals surface area (Å²) >= 11 is 5.57. The second kappa shape index (κ2) is 3.60. The van der Waals surface area contributed by atoms with Crippen LogP contribution in [0.15, 0.2) is 18.2 Å². The van der Waals surface area contributed by atoms with Crippen LogP contribution < -0.4 is 0 Å². The number of hydrogen-bond acceptors (Lipinski definition) is 0. The maximum Gasteiger partial charge on any atom is 0.146 e. The summed E-state index contributed by atoms with van der Waals surface area (Å²) in [6, 6.07) is 4.84. The molecule has 0 nitrogen and oxygen atoms in total. The summed E-state index contributed by atoms with van der Waals surface area (Å²) < 4.78 is 13.2. The maximum atomic E-state index is 13.2. The molecule has 0 saturated heterocycles. The van der Waals surface area contributed by atoms with E-state index in [1.54, 1.807) is 19.1 Å². The van der Waals surface area contributed by atoms with E-state index in [9.17, 15) is 4.39 Å². The van der Waals surface area contributed by atoms with Gasteiger partial charge in [-0.3, -0.25) is 0 Å². The van der Waals surface area contributed by atoms with Crippen LogP contribution in [-0.4, -0.2) is 0 Å². The van der Waals surface area contributed by atoms with Gasteiger partial charge in [0.25, 0.3) is 0 Å². The number of halogens is 2. The first-order chi connectivity index (χ1) is 5.66. The Bertz CT molecular complexity index is 325. The third kappa shape index (κ3) is 1.60. The van der Waals surface area contributed by atoms with Gasteiger partial charge in [-0.2, -0.15) is 0 Å². The van der Waals surface area contributed by atoms with E-state index < -0.39 is 5.82 Å². The lowest BCUT2D eigenvalue weighted by Gasteiger charge is -2.06. The van der Waals surface area contributed by atoms with Gasteiger partial charge in [0.1, 0.15) is 5.82 Å². The maximum absolute atomic E-state index is 13.2. The molecule has 0 aliphatic heterocycles. The van der Waals surface area contributed by atoms with Crippen molar-refractivity contribution in [2.75, 3.05) is 0 Å². The van der Waals surface area contributed by atoms with Crippen molar-refractivity contribution in [2.45, 2.75) is 12.8 Å². The zero-order chi connectivity index (χ0) is 9.14. The van der Waals surface area contributed by atoms with Crippen LogP contribution >= 0.6 is 11.6 Å². The topological polar surface area (TPSA) is 0 Å². The molecule has 2 heteroatoms. The van der Waals surface area contributed by atoms with Crippen molar-refractivity contribution in [2.24, 2.45) is 0 Å². The van der Waals surface area contributed by atoms with E-state index in [1.165, 1.54) is 6.07 Å². The molecule has 0 bridgehead atoms. The van der Waals surface area contributed by atoms with Gasteiger partial charge >= 0.3 is 0 Å². The zero-order valence-electron chi connectivity index (χ0n) is 6.64. The molecule has 1 atom stereocenters. The normalized spacial score (nSPS) is 12.2. The van der Waals surface area contributed by atoms with E-state index in [-0.39, 0.29) is 10.9 Å². The van der Waals surface area contributed by atoms with Gasteiger partial charge in [0.15, 0.2) is 0 Å². The van der Waals surface area contributed by atoms with Crippen LogP contribution in [0.4, 0.5) is 4.39 Å². The second-order valence-corrected chi connectivity index (χ2v) is 2.94. The van der Waals surface area contributed by atoms with E-state index in [2.05, 4.69) is 5.92 Å². The van der Waals surface area contributed by atoms with Gasteiger partial charge in [-0.05, 0) is 13.0 Å². The Hall–Kier alpha value is -1.00. The van der Waals surface area contributed by atoms with Crippen LogP contribution in [0.5, 0.6) is 0 Å². The minimum absolute atomic E-state index is 0.120. The average molecular weight is 183 g/mol. The van der Waals surface area contributed by atoms with E-state index in [4.69, 9.17) is 18.0 Å². The van der Waals surface area contributed by atoms with E-state index in [0.717, 1.165) is 0 Å². The first kappa shape index (κ1) is 9.09. The highest BCUT2D eigenvalue weighted by atomic mass is 35.5. The van der Waals surface area contributed by atoms with E-state index in [1.807, 2.05) is 0 Å². The summed E-state index contributed by atoms with van der Waals surface area (Å²) in [6.07, 6.45) is 5.16. The number of terminal acetylenes is 1. The second-order valence-electron chi connectivity index (χ2n) is 2.53. The minimum Gasteiger partial charge on any atom is -0.205 e. The molecular formula is C10H8ClF. The number of hydrogen-bond donors (Lipinski definition) is 0. The summed E-state index contributed by atoms with van der Waals surface area (Å²) in [7, 11) is 0. The van der Waals surface area contributed by atoms with Crippen molar-refractivity contribution < 1.29 is 4.39 Å². The Morgan fingerprint density at radius 3 is 2.83 bits per heavy atom. The molecule has 62 valence electrons. The van der Waals surface area contributed by atoms with Crippen molar-refractivity contribution >= 4 is 11.6 Å². The van der Waals surface area contributed by atoms with E-state index >= 15 is 0 Å². The third-order valence-electron chi connectivity index (χ3n) is 1.70. The summed E-state index contributed by atoms with van der Waals surface area (Å²) in [4.78, 5) is 0. The summed E-state index contributed by atoms with van der Waals surface area (Å²) in [6.45, 7) is 1.76. The predicted molar refractivity (Wildman–Crippen MR) is 48.7 cm³/mol. The standard InChI is InChI=1S/C10H8ClF/c1-3-7(2)8-5-4-6-9(11)10(8)12/h1,4-7H,2H3. The molecular weight excluding hydrogens is 175 g/mol. The molecule has 1 unspecified atom stereocenters. The fourth-order valence-corrected chi connectivity index (χ4v) is 1.13. The lowest BCUT2D eigenvalue weighted by molar-refractivity contribution is 0.607. The van der Waals surface area contributed by atoms with E-state index in [0.29, 0.717) is 5.56 Å². The summed E-state index contributed by atoms with van der Waals surface area (Å²) in [5.41, 5.74) is 0.477. The molecule has 0 spiro atoms. The first-order valence-corrected chi connectivity index (χ1v) is 3.94.